The summed E-state index contributed by atoms with van der Waals surface area (Å²) in [4.78, 5) is 0. The van der Waals surface area contributed by atoms with Crippen LogP contribution in [0.25, 0.3) is 11.1 Å². The molecule has 0 aromatic heterocycles. The molecule has 3 nitrogen and oxygen atoms in total. The van der Waals surface area contributed by atoms with Crippen LogP contribution >= 0.6 is 7.26 Å². The lowest BCUT2D eigenvalue weighted by atomic mass is 9.83. The monoisotopic (exact) mass is 479 g/mol. The Labute approximate surface area is 205 Å². The van der Waals surface area contributed by atoms with Crippen molar-refractivity contribution >= 4 is 12.6 Å². The molecule has 4 bridgehead atoms. The first-order chi connectivity index (χ1) is 15.8. The third-order valence-electron chi connectivity index (χ3n) is 9.19. The van der Waals surface area contributed by atoms with Crippen molar-refractivity contribution in [2.45, 2.75) is 115 Å². The number of ether oxygens (including phenoxy) is 3. The zero-order chi connectivity index (χ0) is 24.5. The van der Waals surface area contributed by atoms with Crippen molar-refractivity contribution in [2.24, 2.45) is 0 Å². The van der Waals surface area contributed by atoms with E-state index in [1.165, 1.54) is 33.1 Å². The molecule has 7 rings (SSSR count). The summed E-state index contributed by atoms with van der Waals surface area (Å²) >= 11 is 0. The summed E-state index contributed by atoms with van der Waals surface area (Å²) < 4.78 is 20.6. The van der Waals surface area contributed by atoms with Crippen molar-refractivity contribution in [3.05, 3.63) is 53.1 Å². The first kappa shape index (κ1) is 23.2. The molecule has 4 saturated heterocycles. The van der Waals surface area contributed by atoms with Crippen LogP contribution in [-0.2, 0) is 14.2 Å². The van der Waals surface area contributed by atoms with Gasteiger partial charge in [0.1, 0.15) is 18.2 Å². The van der Waals surface area contributed by atoms with Crippen molar-refractivity contribution in [1.82, 2.24) is 0 Å². The summed E-state index contributed by atoms with van der Waals surface area (Å²) in [6.45, 7) is 20.8. The predicted octanol–water partition coefficient (Wildman–Crippen LogP) is 8.05. The molecule has 5 atom stereocenters. The minimum Gasteiger partial charge on any atom is -0.318 e. The van der Waals surface area contributed by atoms with E-state index >= 15 is 0 Å². The molecule has 0 saturated carbocycles. The Bertz CT molecular complexity index is 1150. The van der Waals surface area contributed by atoms with Gasteiger partial charge >= 0.3 is 0 Å². The average Bonchev–Trinajstić information content (AvgIpc) is 2.69. The normalized spacial score (nSPS) is 41.9. The fourth-order valence-electron chi connectivity index (χ4n) is 8.61. The quantitative estimate of drug-likeness (QED) is 0.408. The minimum absolute atomic E-state index is 0.307. The van der Waals surface area contributed by atoms with Crippen LogP contribution in [0.3, 0.4) is 0 Å². The fourth-order valence-corrected chi connectivity index (χ4v) is 15.9. The van der Waals surface area contributed by atoms with Crippen LogP contribution in [0.5, 0.6) is 0 Å². The molecule has 5 aliphatic rings. The molecule has 0 N–H and O–H groups in total. The van der Waals surface area contributed by atoms with Gasteiger partial charge in [-0.05, 0) is 55.4 Å². The summed E-state index contributed by atoms with van der Waals surface area (Å²) in [5.41, 5.74) is 7.62. The Morgan fingerprint density at radius 2 is 1.41 bits per heavy atom. The van der Waals surface area contributed by atoms with E-state index in [1.807, 2.05) is 0 Å². The van der Waals surface area contributed by atoms with Crippen molar-refractivity contribution in [1.29, 1.82) is 0 Å². The second-order valence-electron chi connectivity index (χ2n) is 12.6. The highest BCUT2D eigenvalue weighted by molar-refractivity contribution is 7.86. The van der Waals surface area contributed by atoms with Crippen molar-refractivity contribution in [2.75, 3.05) is 0 Å². The van der Waals surface area contributed by atoms with Gasteiger partial charge in [-0.3, -0.25) is 0 Å². The van der Waals surface area contributed by atoms with Crippen LogP contribution in [0.15, 0.2) is 36.4 Å². The largest absolute Gasteiger partial charge is 0.318 e. The van der Waals surface area contributed by atoms with Gasteiger partial charge in [0.25, 0.3) is 0 Å². The highest BCUT2D eigenvalue weighted by Gasteiger charge is 2.86. The number of rotatable bonds is 2. The molecule has 4 heteroatoms. The average molecular weight is 480 g/mol. The fraction of sp³-hybridized carbons (Fsp3) is 0.600. The SMILES string of the molecule is CC(C)c1cc(C(C)C)c2c(c1)C(C)[P+]1(c3ccccc3-2)C2(C)CC3(C)OC(C)(CC1(C)O3)O2. The number of hydrogen-bond acceptors (Lipinski definition) is 3. The molecule has 0 amide bonds. The van der Waals surface area contributed by atoms with Crippen LogP contribution in [0.4, 0.5) is 0 Å². The molecule has 0 radical (unpaired) electrons. The van der Waals surface area contributed by atoms with E-state index in [2.05, 4.69) is 98.7 Å². The van der Waals surface area contributed by atoms with Gasteiger partial charge in [0.05, 0.1) is 12.8 Å². The summed E-state index contributed by atoms with van der Waals surface area (Å²) in [6, 6.07) is 14.2. The summed E-state index contributed by atoms with van der Waals surface area (Å²) in [6.07, 6.45) is 1.54. The Morgan fingerprint density at radius 1 is 0.824 bits per heavy atom. The molecule has 0 aliphatic carbocycles. The molecule has 4 fully saturated rings. The van der Waals surface area contributed by atoms with E-state index in [-0.39, 0.29) is 10.7 Å². The van der Waals surface area contributed by atoms with Crippen molar-refractivity contribution in [3.8, 4) is 11.1 Å². The van der Waals surface area contributed by atoms with E-state index < -0.39 is 18.8 Å². The maximum absolute atomic E-state index is 7.07. The zero-order valence-corrected chi connectivity index (χ0v) is 23.2. The number of benzene rings is 2. The zero-order valence-electron chi connectivity index (χ0n) is 22.3. The van der Waals surface area contributed by atoms with Gasteiger partial charge < -0.3 is 14.2 Å². The first-order valence-electron chi connectivity index (χ1n) is 13.1. The van der Waals surface area contributed by atoms with Gasteiger partial charge in [0, 0.05) is 25.0 Å². The lowest BCUT2D eigenvalue weighted by Crippen LogP contribution is -2.75. The van der Waals surface area contributed by atoms with Gasteiger partial charge in [-0.1, -0.05) is 58.0 Å². The Morgan fingerprint density at radius 3 is 1.97 bits per heavy atom. The Kier molecular flexibility index (Phi) is 4.59. The summed E-state index contributed by atoms with van der Waals surface area (Å²) in [5.74, 6) is -0.247. The highest BCUT2D eigenvalue weighted by Crippen LogP contribution is 2.93. The number of hydrogen-bond donors (Lipinski definition) is 0. The van der Waals surface area contributed by atoms with E-state index in [1.54, 1.807) is 0 Å². The van der Waals surface area contributed by atoms with Gasteiger partial charge in [-0.25, -0.2) is 0 Å². The standard InChI is InChI=1S/C30H40O3P/c1-18(2)21-14-23(19(3)4)26-22-12-10-11-13-25(22)34(20(5)24(26)15-21)29(8)16-27(6)31-28(7,33-29)17-30(34,9)32-27/h10-15,18-20H,16-17H2,1-9H3/q+1. The van der Waals surface area contributed by atoms with Crippen molar-refractivity contribution < 1.29 is 14.2 Å². The third-order valence-corrected chi connectivity index (χ3v) is 15.3. The Hall–Kier alpha value is -1.25. The topological polar surface area (TPSA) is 27.7 Å². The maximum Gasteiger partial charge on any atom is 0.190 e. The maximum atomic E-state index is 7.07. The number of fused-ring (bicyclic) bond motifs is 3. The van der Waals surface area contributed by atoms with Crippen LogP contribution < -0.4 is 5.30 Å². The smallest absolute Gasteiger partial charge is 0.190 e. The van der Waals surface area contributed by atoms with Crippen LogP contribution in [-0.4, -0.2) is 22.3 Å². The minimum atomic E-state index is -2.05. The second-order valence-corrected chi connectivity index (χ2v) is 17.2. The van der Waals surface area contributed by atoms with Crippen LogP contribution in [0, 0.1) is 0 Å². The van der Waals surface area contributed by atoms with E-state index in [9.17, 15) is 0 Å². The van der Waals surface area contributed by atoms with Crippen LogP contribution in [0.1, 0.15) is 109 Å². The van der Waals surface area contributed by atoms with Gasteiger partial charge in [0.15, 0.2) is 22.3 Å². The Balaban J connectivity index is 1.72. The first-order valence-corrected chi connectivity index (χ1v) is 14.9. The molecule has 5 unspecified atom stereocenters. The van der Waals surface area contributed by atoms with E-state index in [0.717, 1.165) is 12.8 Å². The molecule has 2 aromatic carbocycles. The third kappa shape index (κ3) is 2.63. The molecular formula is C30H40O3P+. The second kappa shape index (κ2) is 6.74. The lowest BCUT2D eigenvalue weighted by molar-refractivity contribution is -0.469. The molecular weight excluding hydrogens is 439 g/mol. The van der Waals surface area contributed by atoms with Crippen LogP contribution in [0.2, 0.25) is 0 Å². The van der Waals surface area contributed by atoms with Crippen molar-refractivity contribution in [3.63, 3.8) is 0 Å². The molecule has 2 aromatic rings. The van der Waals surface area contributed by atoms with E-state index in [4.69, 9.17) is 14.2 Å². The van der Waals surface area contributed by atoms with E-state index in [0.29, 0.717) is 17.5 Å². The molecule has 5 aliphatic heterocycles. The lowest BCUT2D eigenvalue weighted by Gasteiger charge is -2.71. The van der Waals surface area contributed by atoms with Gasteiger partial charge in [-0.15, -0.1) is 0 Å². The molecule has 34 heavy (non-hydrogen) atoms. The molecule has 5 heterocycles. The summed E-state index contributed by atoms with van der Waals surface area (Å²) in [5, 5.41) is 0.878. The molecule has 1 spiro atoms. The van der Waals surface area contributed by atoms with Gasteiger partial charge in [0.2, 0.25) is 0 Å². The molecule has 182 valence electrons. The van der Waals surface area contributed by atoms with Gasteiger partial charge in [-0.2, -0.15) is 0 Å². The summed E-state index contributed by atoms with van der Waals surface area (Å²) in [7, 11) is -2.05. The predicted molar refractivity (Wildman–Crippen MR) is 141 cm³/mol. The highest BCUT2D eigenvalue weighted by atomic mass is 31.2.